The first kappa shape index (κ1) is 17.4. The summed E-state index contributed by atoms with van der Waals surface area (Å²) in [7, 11) is 0. The number of amides is 2. The second-order valence-electron chi connectivity index (χ2n) is 7.25. The molecule has 4 nitrogen and oxygen atoms in total. The molecule has 1 heterocycles. The van der Waals surface area contributed by atoms with Gasteiger partial charge in [0.15, 0.2) is 5.60 Å². The Morgan fingerprint density at radius 3 is 2.27 bits per heavy atom. The smallest absolute Gasteiger partial charge is 0.380 e. The van der Waals surface area contributed by atoms with Crippen LogP contribution < -0.4 is 5.32 Å². The highest BCUT2D eigenvalue weighted by molar-refractivity contribution is 5.74. The van der Waals surface area contributed by atoms with Crippen LogP contribution in [0.25, 0.3) is 0 Å². The van der Waals surface area contributed by atoms with Gasteiger partial charge in [-0.1, -0.05) is 26.7 Å². The molecule has 0 aromatic heterocycles. The Balaban J connectivity index is 1.90. The monoisotopic (exact) mass is 322 g/mol. The van der Waals surface area contributed by atoms with Gasteiger partial charge in [-0.3, -0.25) is 0 Å². The molecule has 1 atom stereocenters. The molecule has 0 spiro atoms. The van der Waals surface area contributed by atoms with Crippen LogP contribution in [0, 0.1) is 5.41 Å². The molecule has 2 N–H and O–H groups in total. The molecule has 128 valence electrons. The van der Waals surface area contributed by atoms with Crippen LogP contribution >= 0.6 is 0 Å². The lowest BCUT2D eigenvalue weighted by Crippen LogP contribution is -2.58. The summed E-state index contributed by atoms with van der Waals surface area (Å²) in [6.07, 6.45) is -1.42. The number of carbonyl (C=O) groups is 1. The van der Waals surface area contributed by atoms with Gasteiger partial charge in [-0.25, -0.2) is 4.79 Å². The van der Waals surface area contributed by atoms with E-state index in [1.807, 2.05) is 0 Å². The number of aliphatic hydroxyl groups is 1. The van der Waals surface area contributed by atoms with E-state index in [0.717, 1.165) is 25.7 Å². The summed E-state index contributed by atoms with van der Waals surface area (Å²) in [6, 6.07) is -0.263. The Bertz CT molecular complexity index is 416. The number of rotatable bonds is 1. The van der Waals surface area contributed by atoms with E-state index in [2.05, 4.69) is 19.2 Å². The molecule has 0 bridgehead atoms. The van der Waals surface area contributed by atoms with Gasteiger partial charge < -0.3 is 15.3 Å². The predicted molar refractivity (Wildman–Crippen MR) is 76.4 cm³/mol. The highest BCUT2D eigenvalue weighted by Crippen LogP contribution is 2.39. The molecule has 0 aromatic rings. The largest absolute Gasteiger partial charge is 0.417 e. The molecule has 22 heavy (non-hydrogen) atoms. The zero-order valence-corrected chi connectivity index (χ0v) is 13.2. The first-order valence-corrected chi connectivity index (χ1v) is 7.90. The molecule has 2 fully saturated rings. The first-order valence-electron chi connectivity index (χ1n) is 7.90. The Morgan fingerprint density at radius 1 is 1.18 bits per heavy atom. The second kappa shape index (κ2) is 5.91. The van der Waals surface area contributed by atoms with E-state index < -0.39 is 24.6 Å². The van der Waals surface area contributed by atoms with E-state index >= 15 is 0 Å². The number of piperidine rings is 1. The lowest BCUT2D eigenvalue weighted by molar-refractivity contribution is -0.271. The normalized spacial score (nSPS) is 28.3. The number of hydrogen-bond acceptors (Lipinski definition) is 2. The minimum Gasteiger partial charge on any atom is -0.380 e. The summed E-state index contributed by atoms with van der Waals surface area (Å²) in [6.45, 7) is 4.06. The van der Waals surface area contributed by atoms with Gasteiger partial charge >= 0.3 is 12.2 Å². The topological polar surface area (TPSA) is 52.6 Å². The number of hydrogen-bond donors (Lipinski definition) is 2. The van der Waals surface area contributed by atoms with Crippen LogP contribution in [0.4, 0.5) is 18.0 Å². The summed E-state index contributed by atoms with van der Waals surface area (Å²) in [5.74, 6) is 0. The summed E-state index contributed by atoms with van der Waals surface area (Å²) in [5.41, 5.74) is -2.65. The summed E-state index contributed by atoms with van der Waals surface area (Å²) in [4.78, 5) is 13.6. The maximum absolute atomic E-state index is 12.8. The highest BCUT2D eigenvalue weighted by Gasteiger charge is 2.55. The van der Waals surface area contributed by atoms with Crippen molar-refractivity contribution in [3.8, 4) is 0 Å². The van der Waals surface area contributed by atoms with Crippen LogP contribution in [0.3, 0.4) is 0 Å². The van der Waals surface area contributed by atoms with Crippen LogP contribution in [0.2, 0.25) is 0 Å². The van der Waals surface area contributed by atoms with E-state index in [0.29, 0.717) is 0 Å². The van der Waals surface area contributed by atoms with E-state index in [1.54, 1.807) is 0 Å². The molecule has 1 saturated heterocycles. The highest BCUT2D eigenvalue weighted by atomic mass is 19.4. The SMILES string of the molecule is CC1(C)CCCCC1NC(=O)N1CCC(O)(C(F)(F)F)CC1. The van der Waals surface area contributed by atoms with Crippen molar-refractivity contribution in [2.75, 3.05) is 13.1 Å². The Kier molecular flexibility index (Phi) is 4.66. The average molecular weight is 322 g/mol. The number of nitrogens with zero attached hydrogens (tertiary/aromatic N) is 1. The molecule has 1 aliphatic heterocycles. The fourth-order valence-corrected chi connectivity index (χ4v) is 3.37. The van der Waals surface area contributed by atoms with E-state index in [4.69, 9.17) is 0 Å². The average Bonchev–Trinajstić information content (AvgIpc) is 2.40. The van der Waals surface area contributed by atoms with Crippen molar-refractivity contribution < 1.29 is 23.1 Å². The molecular weight excluding hydrogens is 297 g/mol. The summed E-state index contributed by atoms with van der Waals surface area (Å²) in [5, 5.41) is 12.6. The zero-order chi connectivity index (χ0) is 16.6. The van der Waals surface area contributed by atoms with Crippen molar-refractivity contribution in [2.45, 2.75) is 70.2 Å². The number of nitrogens with one attached hydrogen (secondary N) is 1. The van der Waals surface area contributed by atoms with Crippen molar-refractivity contribution in [2.24, 2.45) is 5.41 Å². The third kappa shape index (κ3) is 3.50. The van der Waals surface area contributed by atoms with E-state index in [9.17, 15) is 23.1 Å². The van der Waals surface area contributed by atoms with Gasteiger partial charge in [0.2, 0.25) is 0 Å². The molecule has 1 unspecified atom stereocenters. The number of halogens is 3. The Morgan fingerprint density at radius 2 is 1.77 bits per heavy atom. The van der Waals surface area contributed by atoms with Crippen molar-refractivity contribution in [1.29, 1.82) is 0 Å². The Labute approximate surface area is 129 Å². The maximum Gasteiger partial charge on any atom is 0.417 e. The fraction of sp³-hybridized carbons (Fsp3) is 0.933. The van der Waals surface area contributed by atoms with Crippen LogP contribution in [0.5, 0.6) is 0 Å². The van der Waals surface area contributed by atoms with Gasteiger partial charge in [-0.15, -0.1) is 0 Å². The van der Waals surface area contributed by atoms with E-state index in [-0.39, 0.29) is 30.6 Å². The summed E-state index contributed by atoms with van der Waals surface area (Å²) < 4.78 is 38.3. The second-order valence-corrected chi connectivity index (χ2v) is 7.25. The van der Waals surface area contributed by atoms with Gasteiger partial charge in [0.25, 0.3) is 0 Å². The molecular formula is C15H25F3N2O2. The van der Waals surface area contributed by atoms with Crippen LogP contribution in [-0.2, 0) is 0 Å². The maximum atomic E-state index is 12.8. The quantitative estimate of drug-likeness (QED) is 0.779. The van der Waals surface area contributed by atoms with E-state index in [1.165, 1.54) is 4.90 Å². The lowest BCUT2D eigenvalue weighted by Gasteiger charge is -2.42. The fourth-order valence-electron chi connectivity index (χ4n) is 3.37. The van der Waals surface area contributed by atoms with Crippen molar-refractivity contribution >= 4 is 6.03 Å². The minimum atomic E-state index is -4.64. The van der Waals surface area contributed by atoms with Gasteiger partial charge in [0, 0.05) is 32.0 Å². The van der Waals surface area contributed by atoms with Gasteiger partial charge in [0.1, 0.15) is 0 Å². The number of urea groups is 1. The van der Waals surface area contributed by atoms with Gasteiger partial charge in [0.05, 0.1) is 0 Å². The molecule has 7 heteroatoms. The first-order chi connectivity index (χ1) is 10.1. The predicted octanol–water partition coefficient (Wildman–Crippen LogP) is 3.05. The number of likely N-dealkylation sites (tertiary alicyclic amines) is 1. The third-order valence-electron chi connectivity index (χ3n) is 5.21. The van der Waals surface area contributed by atoms with Gasteiger partial charge in [-0.05, 0) is 18.3 Å². The molecule has 2 aliphatic rings. The molecule has 0 aromatic carbocycles. The lowest BCUT2D eigenvalue weighted by atomic mass is 9.73. The molecule has 2 amide bonds. The molecule has 1 saturated carbocycles. The zero-order valence-electron chi connectivity index (χ0n) is 13.2. The molecule has 0 radical (unpaired) electrons. The van der Waals surface area contributed by atoms with Crippen molar-refractivity contribution in [1.82, 2.24) is 10.2 Å². The van der Waals surface area contributed by atoms with Crippen molar-refractivity contribution in [3.05, 3.63) is 0 Å². The number of carbonyl (C=O) groups excluding carboxylic acids is 1. The summed E-state index contributed by atoms with van der Waals surface area (Å²) >= 11 is 0. The van der Waals surface area contributed by atoms with Crippen molar-refractivity contribution in [3.63, 3.8) is 0 Å². The van der Waals surface area contributed by atoms with Crippen LogP contribution in [-0.4, -0.2) is 46.9 Å². The van der Waals surface area contributed by atoms with Crippen LogP contribution in [0.15, 0.2) is 0 Å². The van der Waals surface area contributed by atoms with Crippen LogP contribution in [0.1, 0.15) is 52.4 Å². The minimum absolute atomic E-state index is 0.0103. The third-order valence-corrected chi connectivity index (χ3v) is 5.21. The molecule has 2 rings (SSSR count). The molecule has 1 aliphatic carbocycles. The Hall–Kier alpha value is -0.980. The number of alkyl halides is 3. The standard InChI is InChI=1S/C15H25F3N2O2/c1-13(2)6-4-3-5-11(13)19-12(21)20-9-7-14(22,8-10-20)15(16,17)18/h11,22H,3-10H2,1-2H3,(H,19,21). The van der Waals surface area contributed by atoms with Gasteiger partial charge in [-0.2, -0.15) is 13.2 Å².